The van der Waals surface area contributed by atoms with E-state index in [0.29, 0.717) is 37.2 Å². The van der Waals surface area contributed by atoms with Gasteiger partial charge >= 0.3 is 0 Å². The van der Waals surface area contributed by atoms with E-state index in [2.05, 4.69) is 26.1 Å². The molecule has 1 aliphatic heterocycles. The van der Waals surface area contributed by atoms with Crippen LogP contribution in [0, 0.1) is 11.8 Å². The Bertz CT molecular complexity index is 935. The van der Waals surface area contributed by atoms with Gasteiger partial charge in [0.15, 0.2) is 6.54 Å². The average Bonchev–Trinajstić information content (AvgIpc) is 2.72. The third kappa shape index (κ3) is 5.68. The summed E-state index contributed by atoms with van der Waals surface area (Å²) in [5.41, 5.74) is 1.77. The molecule has 0 aliphatic carbocycles. The topological polar surface area (TPSA) is 83.1 Å². The van der Waals surface area contributed by atoms with Crippen LogP contribution in [0.25, 0.3) is 0 Å². The van der Waals surface area contributed by atoms with Crippen LogP contribution >= 0.6 is 0 Å². The Kier molecular flexibility index (Phi) is 7.28. The summed E-state index contributed by atoms with van der Waals surface area (Å²) >= 11 is 0. The maximum absolute atomic E-state index is 13.0. The molecule has 0 radical (unpaired) electrons. The Morgan fingerprint density at radius 1 is 1.07 bits per heavy atom. The van der Waals surface area contributed by atoms with E-state index in [0.717, 1.165) is 6.42 Å². The maximum Gasteiger partial charge on any atom is 0.279 e. The fourth-order valence-electron chi connectivity index (χ4n) is 4.05. The number of carbonyl (C=O) groups is 1. The third-order valence-electron chi connectivity index (χ3n) is 5.59. The van der Waals surface area contributed by atoms with Crippen molar-refractivity contribution in [2.45, 2.75) is 38.1 Å². The first kappa shape index (κ1) is 22.5. The van der Waals surface area contributed by atoms with Gasteiger partial charge in [-0.05, 0) is 49.4 Å². The van der Waals surface area contributed by atoms with Crippen LogP contribution in [0.15, 0.2) is 59.5 Å². The molecule has 1 amide bonds. The number of hydrogen-bond donors (Lipinski definition) is 2. The van der Waals surface area contributed by atoms with Crippen molar-refractivity contribution in [2.24, 2.45) is 11.8 Å². The zero-order valence-electron chi connectivity index (χ0n) is 17.9. The van der Waals surface area contributed by atoms with Crippen LogP contribution in [-0.4, -0.2) is 38.3 Å². The van der Waals surface area contributed by atoms with E-state index in [1.54, 1.807) is 28.6 Å². The molecule has 1 aliphatic rings. The number of nitrogens with one attached hydrogen (secondary N) is 1. The molecule has 0 aromatic heterocycles. The number of hydrogen-bond acceptors (Lipinski definition) is 3. The van der Waals surface area contributed by atoms with E-state index >= 15 is 0 Å². The zero-order valence-corrected chi connectivity index (χ0v) is 18.7. The second kappa shape index (κ2) is 9.73. The van der Waals surface area contributed by atoms with Crippen LogP contribution in [0.1, 0.15) is 38.8 Å². The van der Waals surface area contributed by atoms with Crippen molar-refractivity contribution in [1.82, 2.24) is 4.31 Å². The molecule has 3 atom stereocenters. The molecule has 0 unspecified atom stereocenters. The van der Waals surface area contributed by atoms with Crippen molar-refractivity contribution in [2.75, 3.05) is 25.0 Å². The molecule has 2 aromatic carbocycles. The van der Waals surface area contributed by atoms with Crippen LogP contribution in [0.5, 0.6) is 0 Å². The fourth-order valence-corrected chi connectivity index (χ4v) is 5.73. The van der Waals surface area contributed by atoms with Gasteiger partial charge in [0.1, 0.15) is 6.04 Å². The van der Waals surface area contributed by atoms with Gasteiger partial charge in [-0.1, -0.05) is 44.2 Å². The highest BCUT2D eigenvalue weighted by Crippen LogP contribution is 2.27. The number of rotatable bonds is 7. The third-order valence-corrected chi connectivity index (χ3v) is 7.44. The van der Waals surface area contributed by atoms with Crippen molar-refractivity contribution in [3.63, 3.8) is 0 Å². The molecule has 0 saturated carbocycles. The highest BCUT2D eigenvalue weighted by molar-refractivity contribution is 7.89. The molecule has 3 N–H and O–H groups in total. The number of piperidine rings is 1. The smallest absolute Gasteiger partial charge is 0.279 e. The minimum absolute atomic E-state index is 0.118. The van der Waals surface area contributed by atoms with Gasteiger partial charge in [-0.2, -0.15) is 4.31 Å². The van der Waals surface area contributed by atoms with Gasteiger partial charge in [-0.3, -0.25) is 4.79 Å². The first-order chi connectivity index (χ1) is 14.3. The van der Waals surface area contributed by atoms with Crippen molar-refractivity contribution in [3.05, 3.63) is 60.2 Å². The van der Waals surface area contributed by atoms with Crippen LogP contribution in [0.3, 0.4) is 0 Å². The number of benzene rings is 2. The van der Waals surface area contributed by atoms with Crippen LogP contribution in [0.4, 0.5) is 5.69 Å². The van der Waals surface area contributed by atoms with Crippen LogP contribution in [-0.2, 0) is 14.8 Å². The summed E-state index contributed by atoms with van der Waals surface area (Å²) in [6.07, 6.45) is 1.05. The lowest BCUT2D eigenvalue weighted by Gasteiger charge is -2.34. The van der Waals surface area contributed by atoms with Gasteiger partial charge in [0.05, 0.1) is 4.90 Å². The quantitative estimate of drug-likeness (QED) is 0.708. The van der Waals surface area contributed by atoms with Gasteiger partial charge in [0, 0.05) is 24.3 Å². The summed E-state index contributed by atoms with van der Waals surface area (Å²) in [5.74, 6) is 0.597. The summed E-state index contributed by atoms with van der Waals surface area (Å²) < 4.78 is 27.5. The minimum Gasteiger partial charge on any atom is -0.333 e. The van der Waals surface area contributed by atoms with Gasteiger partial charge in [-0.25, -0.2) is 8.42 Å². The van der Waals surface area contributed by atoms with E-state index in [9.17, 15) is 13.2 Å². The molecule has 30 heavy (non-hydrogen) atoms. The summed E-state index contributed by atoms with van der Waals surface area (Å²) in [6.45, 7) is 7.64. The molecule has 0 spiro atoms. The summed E-state index contributed by atoms with van der Waals surface area (Å²) in [6, 6.07) is 16.7. The lowest BCUT2D eigenvalue weighted by Crippen LogP contribution is -2.86. The molecule has 162 valence electrons. The highest BCUT2D eigenvalue weighted by atomic mass is 32.2. The van der Waals surface area contributed by atoms with E-state index < -0.39 is 10.0 Å². The second-order valence-electron chi connectivity index (χ2n) is 8.48. The molecule has 1 heterocycles. The van der Waals surface area contributed by atoms with Gasteiger partial charge in [0.25, 0.3) is 5.91 Å². The maximum atomic E-state index is 13.0. The normalized spacial score (nSPS) is 21.2. The lowest BCUT2D eigenvalue weighted by atomic mass is 9.94. The standard InChI is InChI=1S/C23H31N3O3S/c1-17-13-18(2)16-26(15-17)30(28,29)22-11-9-21(10-12-22)25-23(27)14-24-19(3)20-7-5-4-6-8-20/h4-12,17-19,24H,13-16H2,1-3H3,(H,25,27)/p+1/t17-,18-,19-/m0/s1. The number of anilines is 1. The minimum atomic E-state index is -3.51. The second-order valence-corrected chi connectivity index (χ2v) is 10.4. The van der Waals surface area contributed by atoms with Gasteiger partial charge in [-0.15, -0.1) is 0 Å². The van der Waals surface area contributed by atoms with Crippen molar-refractivity contribution in [3.8, 4) is 0 Å². The van der Waals surface area contributed by atoms with Crippen LogP contribution in [0.2, 0.25) is 0 Å². The molecular formula is C23H32N3O3S+. The Hall–Kier alpha value is -2.22. The van der Waals surface area contributed by atoms with Crippen molar-refractivity contribution in [1.29, 1.82) is 0 Å². The number of carbonyl (C=O) groups excluding carboxylic acids is 1. The number of sulfonamides is 1. The number of nitrogens with two attached hydrogens (primary N) is 1. The largest absolute Gasteiger partial charge is 0.333 e. The fraction of sp³-hybridized carbons (Fsp3) is 0.435. The summed E-state index contributed by atoms with van der Waals surface area (Å²) in [7, 11) is -3.51. The van der Waals surface area contributed by atoms with Gasteiger partial charge < -0.3 is 10.6 Å². The Balaban J connectivity index is 1.57. The first-order valence-electron chi connectivity index (χ1n) is 10.5. The van der Waals surface area contributed by atoms with E-state index in [1.807, 2.05) is 35.6 Å². The average molecular weight is 431 g/mol. The summed E-state index contributed by atoms with van der Waals surface area (Å²) in [4.78, 5) is 12.6. The Morgan fingerprint density at radius 3 is 2.27 bits per heavy atom. The monoisotopic (exact) mass is 430 g/mol. The lowest BCUT2D eigenvalue weighted by molar-refractivity contribution is -0.682. The Labute approximate surface area is 179 Å². The molecule has 7 heteroatoms. The molecule has 1 fully saturated rings. The van der Waals surface area contributed by atoms with Crippen molar-refractivity contribution >= 4 is 21.6 Å². The summed E-state index contributed by atoms with van der Waals surface area (Å²) in [5, 5.41) is 4.82. The number of amides is 1. The molecule has 0 bridgehead atoms. The molecular weight excluding hydrogens is 398 g/mol. The van der Waals surface area contributed by atoms with E-state index in [1.165, 1.54) is 5.56 Å². The predicted molar refractivity (Wildman–Crippen MR) is 118 cm³/mol. The van der Waals surface area contributed by atoms with Gasteiger partial charge in [0.2, 0.25) is 10.0 Å². The van der Waals surface area contributed by atoms with E-state index in [4.69, 9.17) is 0 Å². The van der Waals surface area contributed by atoms with Crippen LogP contribution < -0.4 is 10.6 Å². The van der Waals surface area contributed by atoms with Crippen molar-refractivity contribution < 1.29 is 18.5 Å². The number of quaternary nitrogens is 1. The molecule has 2 aromatic rings. The Morgan fingerprint density at radius 2 is 1.67 bits per heavy atom. The van der Waals surface area contributed by atoms with E-state index in [-0.39, 0.29) is 16.8 Å². The molecule has 3 rings (SSSR count). The predicted octanol–water partition coefficient (Wildman–Crippen LogP) is 2.62. The SMILES string of the molecule is C[C@H]1C[C@H](C)CN(S(=O)(=O)c2ccc(NC(=O)C[NH2+][C@@H](C)c3ccccc3)cc2)C1. The zero-order chi connectivity index (χ0) is 21.7. The highest BCUT2D eigenvalue weighted by Gasteiger charge is 2.31. The molecule has 6 nitrogen and oxygen atoms in total. The first-order valence-corrected chi connectivity index (χ1v) is 12.0. The molecule has 1 saturated heterocycles. The number of nitrogens with zero attached hydrogens (tertiary/aromatic N) is 1.